The summed E-state index contributed by atoms with van der Waals surface area (Å²) in [6.45, 7) is 4.01. The van der Waals surface area contributed by atoms with Crippen molar-refractivity contribution in [2.24, 2.45) is 15.0 Å². The molecule has 0 bridgehead atoms. The monoisotopic (exact) mass is 415 g/mol. The van der Waals surface area contributed by atoms with Crippen LogP contribution < -0.4 is 0 Å². The number of rotatable bonds is 5. The van der Waals surface area contributed by atoms with Gasteiger partial charge < -0.3 is 4.90 Å². The van der Waals surface area contributed by atoms with E-state index < -0.39 is 36.5 Å². The Morgan fingerprint density at radius 3 is 2.18 bits per heavy atom. The molecular formula is C17H17ClF3N5O2. The Kier molecular flexibility index (Phi) is 6.55. The van der Waals surface area contributed by atoms with Gasteiger partial charge in [-0.05, 0) is 37.4 Å². The van der Waals surface area contributed by atoms with Crippen LogP contribution in [0, 0.1) is 0 Å². The minimum Gasteiger partial charge on any atom is -0.333 e. The Hall–Kier alpha value is -2.75. The summed E-state index contributed by atoms with van der Waals surface area (Å²) in [5, 5.41) is -0.309. The normalized spacial score (nSPS) is 16.3. The number of nitrogens with zero attached hydrogens (tertiary/aromatic N) is 5. The maximum Gasteiger partial charge on any atom is 0.449 e. The first kappa shape index (κ1) is 21.5. The summed E-state index contributed by atoms with van der Waals surface area (Å²) in [6, 6.07) is 5.98. The van der Waals surface area contributed by atoms with Gasteiger partial charge in [0, 0.05) is 13.6 Å². The fourth-order valence-corrected chi connectivity index (χ4v) is 2.82. The lowest BCUT2D eigenvalue weighted by atomic mass is 10.1. The molecule has 1 aromatic rings. The van der Waals surface area contributed by atoms with Gasteiger partial charge >= 0.3 is 6.18 Å². The lowest BCUT2D eigenvalue weighted by molar-refractivity contribution is -0.0720. The molecule has 0 spiro atoms. The highest BCUT2D eigenvalue weighted by Gasteiger charge is 2.46. The number of carbonyl (C=O) groups excluding carboxylic acids is 2. The second kappa shape index (κ2) is 8.51. The van der Waals surface area contributed by atoms with Gasteiger partial charge in [-0.1, -0.05) is 12.1 Å². The van der Waals surface area contributed by atoms with Crippen LogP contribution in [0.15, 0.2) is 39.2 Å². The van der Waals surface area contributed by atoms with Crippen LogP contribution >= 0.6 is 11.6 Å². The molecule has 0 radical (unpaired) electrons. The van der Waals surface area contributed by atoms with Crippen molar-refractivity contribution in [2.75, 3.05) is 20.1 Å². The van der Waals surface area contributed by atoms with Gasteiger partial charge in [0.1, 0.15) is 6.17 Å². The van der Waals surface area contributed by atoms with Gasteiger partial charge in [-0.2, -0.15) is 13.2 Å². The Balaban J connectivity index is 2.52. The molecule has 0 N–H and O–H groups in total. The summed E-state index contributed by atoms with van der Waals surface area (Å²) in [5.74, 6) is -2.70. The molecule has 2 rings (SSSR count). The number of likely N-dealkylation sites (N-methyl/N-ethyl adjacent to an activating group) is 1. The SMILES string of the molecule is C=NC(Cl)=NCC(N(C)C(=NCC)C(F)(F)F)N1C(=O)c2ccccc2C1=O. The van der Waals surface area contributed by atoms with E-state index in [1.165, 1.54) is 19.1 Å². The van der Waals surface area contributed by atoms with Gasteiger partial charge in [0.25, 0.3) is 11.8 Å². The number of amidine groups is 2. The molecule has 1 atom stereocenters. The number of hydrogen-bond donors (Lipinski definition) is 0. The number of imide groups is 1. The topological polar surface area (TPSA) is 77.7 Å². The minimum atomic E-state index is -4.80. The molecule has 0 saturated heterocycles. The number of aliphatic imine (C=N–C) groups is 3. The zero-order valence-electron chi connectivity index (χ0n) is 15.1. The van der Waals surface area contributed by atoms with E-state index in [1.54, 1.807) is 12.1 Å². The molecule has 0 aliphatic carbocycles. The van der Waals surface area contributed by atoms with Crippen LogP contribution in [0.25, 0.3) is 0 Å². The van der Waals surface area contributed by atoms with Crippen molar-refractivity contribution in [3.63, 3.8) is 0 Å². The first-order valence-corrected chi connectivity index (χ1v) is 8.49. The first-order chi connectivity index (χ1) is 13.1. The van der Waals surface area contributed by atoms with Crippen molar-refractivity contribution in [1.82, 2.24) is 9.80 Å². The highest BCUT2D eigenvalue weighted by molar-refractivity contribution is 6.65. The van der Waals surface area contributed by atoms with E-state index in [9.17, 15) is 22.8 Å². The highest BCUT2D eigenvalue weighted by Crippen LogP contribution is 2.28. The Morgan fingerprint density at radius 1 is 1.21 bits per heavy atom. The number of carbonyl (C=O) groups is 2. The fraction of sp³-hybridized carbons (Fsp3) is 0.353. The third-order valence-corrected chi connectivity index (χ3v) is 4.22. The molecule has 1 aliphatic rings. The zero-order chi connectivity index (χ0) is 21.1. The van der Waals surface area contributed by atoms with Crippen molar-refractivity contribution in [3.05, 3.63) is 35.4 Å². The van der Waals surface area contributed by atoms with E-state index >= 15 is 0 Å². The van der Waals surface area contributed by atoms with E-state index in [4.69, 9.17) is 11.6 Å². The largest absolute Gasteiger partial charge is 0.449 e. The Bertz CT molecular complexity index is 818. The average Bonchev–Trinajstić information content (AvgIpc) is 2.90. The smallest absolute Gasteiger partial charge is 0.333 e. The first-order valence-electron chi connectivity index (χ1n) is 8.11. The highest BCUT2D eigenvalue weighted by atomic mass is 35.5. The zero-order valence-corrected chi connectivity index (χ0v) is 15.8. The lowest BCUT2D eigenvalue weighted by Gasteiger charge is -2.35. The summed E-state index contributed by atoms with van der Waals surface area (Å²) < 4.78 is 40.4. The third kappa shape index (κ3) is 4.22. The number of halogens is 4. The summed E-state index contributed by atoms with van der Waals surface area (Å²) in [7, 11) is 1.08. The summed E-state index contributed by atoms with van der Waals surface area (Å²) in [4.78, 5) is 37.5. The van der Waals surface area contributed by atoms with E-state index in [0.717, 1.165) is 11.9 Å². The molecule has 1 aliphatic heterocycles. The van der Waals surface area contributed by atoms with Gasteiger partial charge in [0.05, 0.1) is 17.7 Å². The van der Waals surface area contributed by atoms with Crippen molar-refractivity contribution < 1.29 is 22.8 Å². The predicted octanol–water partition coefficient (Wildman–Crippen LogP) is 2.82. The van der Waals surface area contributed by atoms with Gasteiger partial charge in [-0.25, -0.2) is 4.99 Å². The van der Waals surface area contributed by atoms with Crippen LogP contribution in [0.4, 0.5) is 13.2 Å². The van der Waals surface area contributed by atoms with Crippen molar-refractivity contribution >= 4 is 41.3 Å². The van der Waals surface area contributed by atoms with E-state index in [0.29, 0.717) is 4.90 Å². The van der Waals surface area contributed by atoms with E-state index in [-0.39, 0.29) is 23.0 Å². The average molecular weight is 416 g/mol. The van der Waals surface area contributed by atoms with Gasteiger partial charge in [-0.15, -0.1) is 0 Å². The van der Waals surface area contributed by atoms with Crippen LogP contribution in [0.5, 0.6) is 0 Å². The van der Waals surface area contributed by atoms with Gasteiger partial charge in [0.2, 0.25) is 11.1 Å². The van der Waals surface area contributed by atoms with Crippen molar-refractivity contribution in [2.45, 2.75) is 19.3 Å². The molecule has 2 amide bonds. The predicted molar refractivity (Wildman–Crippen MR) is 100 cm³/mol. The molecule has 28 heavy (non-hydrogen) atoms. The van der Waals surface area contributed by atoms with Crippen LogP contribution in [0.3, 0.4) is 0 Å². The van der Waals surface area contributed by atoms with Crippen molar-refractivity contribution in [1.29, 1.82) is 0 Å². The molecular weight excluding hydrogens is 399 g/mol. The molecule has 1 unspecified atom stereocenters. The summed E-state index contributed by atoms with van der Waals surface area (Å²) in [6.07, 6.45) is -6.22. The second-order valence-electron chi connectivity index (χ2n) is 5.68. The summed E-state index contributed by atoms with van der Waals surface area (Å²) in [5.41, 5.74) is 0.202. The Morgan fingerprint density at radius 2 is 1.75 bits per heavy atom. The molecule has 1 heterocycles. The van der Waals surface area contributed by atoms with E-state index in [2.05, 4.69) is 21.7 Å². The third-order valence-electron chi connectivity index (χ3n) is 3.98. The van der Waals surface area contributed by atoms with Crippen LogP contribution in [-0.2, 0) is 0 Å². The van der Waals surface area contributed by atoms with Crippen molar-refractivity contribution in [3.8, 4) is 0 Å². The molecule has 150 valence electrons. The molecule has 0 fully saturated rings. The van der Waals surface area contributed by atoms with Crippen LogP contribution in [0.1, 0.15) is 27.6 Å². The van der Waals surface area contributed by atoms with Gasteiger partial charge in [-0.3, -0.25) is 24.5 Å². The fourth-order valence-electron chi connectivity index (χ4n) is 2.75. The quantitative estimate of drug-likeness (QED) is 0.321. The molecule has 1 aromatic carbocycles. The molecule has 11 heteroatoms. The Labute approximate surface area is 164 Å². The number of benzene rings is 1. The lowest BCUT2D eigenvalue weighted by Crippen LogP contribution is -2.56. The molecule has 0 saturated carbocycles. The maximum atomic E-state index is 13.5. The number of amides is 2. The molecule has 0 aromatic heterocycles. The molecule has 7 nitrogen and oxygen atoms in total. The van der Waals surface area contributed by atoms with E-state index in [1.807, 2.05) is 0 Å². The number of hydrogen-bond acceptors (Lipinski definition) is 4. The summed E-state index contributed by atoms with van der Waals surface area (Å²) >= 11 is 5.67. The van der Waals surface area contributed by atoms with Gasteiger partial charge in [0.15, 0.2) is 0 Å². The van der Waals surface area contributed by atoms with Crippen LogP contribution in [0.2, 0.25) is 0 Å². The number of fused-ring (bicyclic) bond motifs is 1. The second-order valence-corrected chi connectivity index (χ2v) is 6.02. The van der Waals surface area contributed by atoms with Crippen LogP contribution in [-0.4, -0.2) is 71.9 Å². The standard InChI is InChI=1S/C17H17ClF3N5O2/c1-4-23-15(17(19,20)21)25(3)12(9-24-16(18)22-2)26-13(27)10-7-5-6-8-11(10)14(26)28/h5-8,12H,2,4,9H2,1,3H3. The number of alkyl halides is 3. The maximum absolute atomic E-state index is 13.5. The minimum absolute atomic E-state index is 0.101.